The fourth-order valence-electron chi connectivity index (χ4n) is 2.37. The minimum Gasteiger partial charge on any atom is -0.454 e. The van der Waals surface area contributed by atoms with Gasteiger partial charge in [0.1, 0.15) is 0 Å². The summed E-state index contributed by atoms with van der Waals surface area (Å²) in [4.78, 5) is 4.39. The molecule has 0 saturated heterocycles. The molecule has 0 fully saturated rings. The fraction of sp³-hybridized carbons (Fsp3) is 0.118. The maximum Gasteiger partial charge on any atom is 0.244 e. The summed E-state index contributed by atoms with van der Waals surface area (Å²) in [5.41, 5.74) is 1.78. The van der Waals surface area contributed by atoms with Crippen molar-refractivity contribution in [3.63, 3.8) is 0 Å². The summed E-state index contributed by atoms with van der Waals surface area (Å²) in [6.45, 7) is 0.795. The number of aromatic nitrogens is 3. The molecule has 1 aromatic heterocycles. The number of hydrogen-bond acceptors (Lipinski definition) is 7. The summed E-state index contributed by atoms with van der Waals surface area (Å²) >= 11 is 6.14. The average molecular weight is 356 g/mol. The van der Waals surface area contributed by atoms with Crippen LogP contribution in [0.4, 0.5) is 17.5 Å². The van der Waals surface area contributed by atoms with Crippen molar-refractivity contribution in [2.75, 3.05) is 17.4 Å². The lowest BCUT2D eigenvalue weighted by Crippen LogP contribution is -2.06. The highest BCUT2D eigenvalue weighted by molar-refractivity contribution is 6.33. The Hall–Kier alpha value is -3.06. The van der Waals surface area contributed by atoms with Crippen LogP contribution in [0.1, 0.15) is 5.56 Å². The lowest BCUT2D eigenvalue weighted by atomic mass is 10.2. The van der Waals surface area contributed by atoms with Gasteiger partial charge < -0.3 is 20.1 Å². The van der Waals surface area contributed by atoms with Gasteiger partial charge in [-0.1, -0.05) is 29.8 Å². The molecule has 0 unspecified atom stereocenters. The van der Waals surface area contributed by atoms with E-state index in [1.807, 2.05) is 36.4 Å². The Morgan fingerprint density at radius 1 is 1.08 bits per heavy atom. The molecule has 2 N–H and O–H groups in total. The van der Waals surface area contributed by atoms with E-state index in [9.17, 15) is 0 Å². The molecule has 2 aromatic carbocycles. The number of fused-ring (bicyclic) bond motifs is 1. The lowest BCUT2D eigenvalue weighted by molar-refractivity contribution is 0.174. The minimum atomic E-state index is 0.259. The van der Waals surface area contributed by atoms with Crippen LogP contribution in [-0.2, 0) is 6.54 Å². The zero-order chi connectivity index (χ0) is 17.1. The maximum absolute atomic E-state index is 6.14. The maximum atomic E-state index is 6.14. The molecule has 0 spiro atoms. The molecule has 0 radical (unpaired) electrons. The SMILES string of the molecule is Clc1ccccc1Nc1cnnc(NCc2ccc3c(c2)OCO3)n1. The van der Waals surface area contributed by atoms with Crippen LogP contribution in [0.3, 0.4) is 0 Å². The zero-order valence-corrected chi connectivity index (χ0v) is 13.8. The number of nitrogens with zero attached hydrogens (tertiary/aromatic N) is 3. The molecular formula is C17H14ClN5O2. The highest BCUT2D eigenvalue weighted by atomic mass is 35.5. The quantitative estimate of drug-likeness (QED) is 0.723. The van der Waals surface area contributed by atoms with Gasteiger partial charge in [0.05, 0.1) is 16.9 Å². The van der Waals surface area contributed by atoms with E-state index < -0.39 is 0 Å². The summed E-state index contributed by atoms with van der Waals surface area (Å²) < 4.78 is 10.7. The Labute approximate surface area is 149 Å². The molecule has 0 bridgehead atoms. The number of ether oxygens (including phenoxy) is 2. The molecule has 1 aliphatic rings. The van der Waals surface area contributed by atoms with E-state index in [0.717, 1.165) is 22.7 Å². The van der Waals surface area contributed by atoms with Crippen molar-refractivity contribution >= 4 is 29.1 Å². The van der Waals surface area contributed by atoms with Crippen LogP contribution in [0.5, 0.6) is 11.5 Å². The van der Waals surface area contributed by atoms with E-state index in [-0.39, 0.29) is 6.79 Å². The fourth-order valence-corrected chi connectivity index (χ4v) is 2.55. The Morgan fingerprint density at radius 2 is 1.96 bits per heavy atom. The van der Waals surface area contributed by atoms with Gasteiger partial charge in [-0.25, -0.2) is 0 Å². The topological polar surface area (TPSA) is 81.2 Å². The molecule has 0 aliphatic carbocycles. The second-order valence-corrected chi connectivity index (χ2v) is 5.72. The molecule has 2 heterocycles. The molecule has 25 heavy (non-hydrogen) atoms. The minimum absolute atomic E-state index is 0.259. The summed E-state index contributed by atoms with van der Waals surface area (Å²) in [6.07, 6.45) is 1.54. The molecule has 0 amide bonds. The van der Waals surface area contributed by atoms with E-state index >= 15 is 0 Å². The van der Waals surface area contributed by atoms with Gasteiger partial charge in [-0.05, 0) is 29.8 Å². The molecule has 8 heteroatoms. The second kappa shape index (κ2) is 6.82. The number of benzene rings is 2. The van der Waals surface area contributed by atoms with Crippen LogP contribution in [-0.4, -0.2) is 22.0 Å². The van der Waals surface area contributed by atoms with Crippen LogP contribution < -0.4 is 20.1 Å². The van der Waals surface area contributed by atoms with Gasteiger partial charge in [0.2, 0.25) is 12.7 Å². The van der Waals surface area contributed by atoms with E-state index in [1.165, 1.54) is 6.20 Å². The molecule has 1 aliphatic heterocycles. The summed E-state index contributed by atoms with van der Waals surface area (Å²) in [7, 11) is 0. The predicted molar refractivity (Wildman–Crippen MR) is 94.5 cm³/mol. The normalized spacial score (nSPS) is 12.0. The van der Waals surface area contributed by atoms with Crippen LogP contribution >= 0.6 is 11.6 Å². The van der Waals surface area contributed by atoms with Crippen LogP contribution in [0.25, 0.3) is 0 Å². The molecule has 4 rings (SSSR count). The first-order valence-electron chi connectivity index (χ1n) is 7.61. The van der Waals surface area contributed by atoms with Gasteiger partial charge in [0.25, 0.3) is 0 Å². The largest absolute Gasteiger partial charge is 0.454 e. The third-order valence-corrected chi connectivity index (χ3v) is 3.91. The van der Waals surface area contributed by atoms with E-state index in [0.29, 0.717) is 23.3 Å². The third-order valence-electron chi connectivity index (χ3n) is 3.58. The molecule has 0 atom stereocenters. The van der Waals surface area contributed by atoms with Gasteiger partial charge in [-0.3, -0.25) is 0 Å². The van der Waals surface area contributed by atoms with Gasteiger partial charge in [-0.15, -0.1) is 5.10 Å². The van der Waals surface area contributed by atoms with Gasteiger partial charge in [-0.2, -0.15) is 10.1 Å². The van der Waals surface area contributed by atoms with Gasteiger partial charge >= 0.3 is 0 Å². The van der Waals surface area contributed by atoms with Crippen molar-refractivity contribution in [1.29, 1.82) is 0 Å². The predicted octanol–water partition coefficient (Wildman–Crippen LogP) is 3.61. The summed E-state index contributed by atoms with van der Waals surface area (Å²) in [5, 5.41) is 14.8. The Kier molecular flexibility index (Phi) is 4.22. The van der Waals surface area contributed by atoms with Crippen molar-refractivity contribution in [3.8, 4) is 11.5 Å². The third kappa shape index (κ3) is 3.56. The van der Waals surface area contributed by atoms with Crippen LogP contribution in [0, 0.1) is 0 Å². The first-order valence-corrected chi connectivity index (χ1v) is 7.99. The Morgan fingerprint density at radius 3 is 2.88 bits per heavy atom. The molecule has 3 aromatic rings. The monoisotopic (exact) mass is 355 g/mol. The highest BCUT2D eigenvalue weighted by Gasteiger charge is 2.13. The van der Waals surface area contributed by atoms with Crippen LogP contribution in [0.15, 0.2) is 48.7 Å². The number of anilines is 3. The summed E-state index contributed by atoms with van der Waals surface area (Å²) in [5.74, 6) is 2.46. The second-order valence-electron chi connectivity index (χ2n) is 5.31. The highest BCUT2D eigenvalue weighted by Crippen LogP contribution is 2.32. The Bertz CT molecular complexity index is 906. The van der Waals surface area contributed by atoms with Crippen LogP contribution in [0.2, 0.25) is 5.02 Å². The zero-order valence-electron chi connectivity index (χ0n) is 13.1. The van der Waals surface area contributed by atoms with E-state index in [1.54, 1.807) is 6.07 Å². The first-order chi connectivity index (χ1) is 12.3. The Balaban J connectivity index is 1.44. The smallest absolute Gasteiger partial charge is 0.244 e. The van der Waals surface area contributed by atoms with Gasteiger partial charge in [0.15, 0.2) is 17.3 Å². The van der Waals surface area contributed by atoms with Crippen molar-refractivity contribution < 1.29 is 9.47 Å². The summed E-state index contributed by atoms with van der Waals surface area (Å²) in [6, 6.07) is 13.2. The number of rotatable bonds is 5. The van der Waals surface area contributed by atoms with Crippen molar-refractivity contribution in [1.82, 2.24) is 15.2 Å². The lowest BCUT2D eigenvalue weighted by Gasteiger charge is -2.09. The van der Waals surface area contributed by atoms with Crippen molar-refractivity contribution in [3.05, 3.63) is 59.2 Å². The number of hydrogen-bond donors (Lipinski definition) is 2. The van der Waals surface area contributed by atoms with E-state index in [4.69, 9.17) is 21.1 Å². The molecule has 0 saturated carbocycles. The van der Waals surface area contributed by atoms with Crippen molar-refractivity contribution in [2.24, 2.45) is 0 Å². The average Bonchev–Trinajstić information content (AvgIpc) is 3.10. The number of nitrogens with one attached hydrogen (secondary N) is 2. The standard InChI is InChI=1S/C17H14ClN5O2/c18-12-3-1-2-4-13(12)21-16-9-20-23-17(22-16)19-8-11-5-6-14-15(7-11)25-10-24-14/h1-7,9H,8,10H2,(H2,19,21,22,23). The first kappa shape index (κ1) is 15.5. The molecular weight excluding hydrogens is 342 g/mol. The van der Waals surface area contributed by atoms with Crippen molar-refractivity contribution in [2.45, 2.75) is 6.54 Å². The molecule has 126 valence electrons. The molecule has 7 nitrogen and oxygen atoms in total. The number of para-hydroxylation sites is 1. The number of halogens is 1. The van der Waals surface area contributed by atoms with Gasteiger partial charge in [0, 0.05) is 6.54 Å². The van der Waals surface area contributed by atoms with E-state index in [2.05, 4.69) is 25.8 Å².